The second kappa shape index (κ2) is 8.93. The van der Waals surface area contributed by atoms with E-state index in [1.807, 2.05) is 12.4 Å². The summed E-state index contributed by atoms with van der Waals surface area (Å²) in [6.45, 7) is 4.34. The second-order valence-corrected chi connectivity index (χ2v) is 5.34. The highest BCUT2D eigenvalue weighted by molar-refractivity contribution is 5.65. The zero-order valence-electron chi connectivity index (χ0n) is 13.5. The van der Waals surface area contributed by atoms with Crippen LogP contribution in [0.15, 0.2) is 58.7 Å². The van der Waals surface area contributed by atoms with E-state index in [4.69, 9.17) is 0 Å². The molecule has 2 heteroatoms. The van der Waals surface area contributed by atoms with Crippen molar-refractivity contribution in [1.82, 2.24) is 0 Å². The Bertz CT molecular complexity index is 550. The summed E-state index contributed by atoms with van der Waals surface area (Å²) in [5, 5.41) is 8.20. The van der Waals surface area contributed by atoms with E-state index < -0.39 is 0 Å². The van der Waals surface area contributed by atoms with Crippen LogP contribution in [0.3, 0.4) is 0 Å². The second-order valence-electron chi connectivity index (χ2n) is 5.34. The normalized spacial score (nSPS) is 11.5. The van der Waals surface area contributed by atoms with E-state index in [9.17, 15) is 0 Å². The van der Waals surface area contributed by atoms with E-state index in [0.29, 0.717) is 0 Å². The first-order valence-electron chi connectivity index (χ1n) is 8.00. The van der Waals surface area contributed by atoms with Crippen LogP contribution in [-0.4, -0.2) is 12.4 Å². The molecule has 0 bridgehead atoms. The molecule has 0 aliphatic heterocycles. The van der Waals surface area contributed by atoms with Crippen molar-refractivity contribution in [3.8, 4) is 0 Å². The third kappa shape index (κ3) is 5.28. The summed E-state index contributed by atoms with van der Waals surface area (Å²) in [6.07, 6.45) is 7.53. The molecule has 0 unspecified atom stereocenters. The molecule has 2 aromatic rings. The maximum atomic E-state index is 4.10. The Morgan fingerprint density at radius 3 is 1.23 bits per heavy atom. The highest BCUT2D eigenvalue weighted by Gasteiger charge is 1.92. The fourth-order valence-corrected chi connectivity index (χ4v) is 2.21. The van der Waals surface area contributed by atoms with Crippen molar-refractivity contribution in [3.63, 3.8) is 0 Å². The van der Waals surface area contributed by atoms with Gasteiger partial charge in [0.25, 0.3) is 0 Å². The largest absolute Gasteiger partial charge is 0.164 e. The van der Waals surface area contributed by atoms with Crippen molar-refractivity contribution in [2.24, 2.45) is 10.2 Å². The minimum absolute atomic E-state index is 0.826. The Hall–Kier alpha value is -2.22. The molecule has 2 rings (SSSR count). The predicted molar refractivity (Wildman–Crippen MR) is 96.0 cm³/mol. The molecular weight excluding hydrogens is 268 g/mol. The molecule has 0 atom stereocenters. The van der Waals surface area contributed by atoms with Crippen LogP contribution < -0.4 is 0 Å². The van der Waals surface area contributed by atoms with Gasteiger partial charge in [-0.2, -0.15) is 10.2 Å². The average molecular weight is 292 g/mol. The number of aryl methyl sites for hydroxylation is 2. The van der Waals surface area contributed by atoms with Crippen LogP contribution in [0, 0.1) is 0 Å². The molecule has 2 aromatic carbocycles. The average Bonchev–Trinajstić information content (AvgIpc) is 2.59. The topological polar surface area (TPSA) is 24.7 Å². The van der Waals surface area contributed by atoms with Gasteiger partial charge in [-0.15, -0.1) is 0 Å². The third-order valence-electron chi connectivity index (χ3n) is 3.75. The van der Waals surface area contributed by atoms with Gasteiger partial charge in [0.2, 0.25) is 0 Å². The summed E-state index contributed by atoms with van der Waals surface area (Å²) in [5.41, 5.74) is 5.28. The molecule has 0 heterocycles. The summed E-state index contributed by atoms with van der Waals surface area (Å²) in [6, 6.07) is 17.3. The van der Waals surface area contributed by atoms with Crippen LogP contribution in [0.2, 0.25) is 0 Å². The Labute approximate surface area is 133 Å². The number of hydrogen-bond donors (Lipinski definition) is 0. The van der Waals surface area contributed by atoms with Crippen LogP contribution in [0.1, 0.15) is 36.1 Å². The lowest BCUT2D eigenvalue weighted by Gasteiger charge is -1.98. The molecule has 0 aromatic heterocycles. The standard InChI is InChI=1S/C20H24N2/c1-3-17-5-9-19(10-6-17)13-15-21-22-16-14-20-11-7-18(4-2)8-12-20/h5-12,15-16H,3-4,13-14H2,1-2H3/b21-15+,22-16+. The van der Waals surface area contributed by atoms with Gasteiger partial charge in [-0.1, -0.05) is 62.4 Å². The fourth-order valence-electron chi connectivity index (χ4n) is 2.21. The lowest BCUT2D eigenvalue weighted by Crippen LogP contribution is -1.88. The van der Waals surface area contributed by atoms with Gasteiger partial charge in [0.15, 0.2) is 0 Å². The highest BCUT2D eigenvalue weighted by atomic mass is 15.2. The van der Waals surface area contributed by atoms with E-state index in [0.717, 1.165) is 25.7 Å². The first-order chi connectivity index (χ1) is 10.8. The lowest BCUT2D eigenvalue weighted by molar-refractivity contribution is 1.13. The summed E-state index contributed by atoms with van der Waals surface area (Å²) in [5.74, 6) is 0. The maximum Gasteiger partial charge on any atom is 0.0313 e. The SMILES string of the molecule is CCc1ccc(C/C=N/N=C/Cc2ccc(CC)cc2)cc1. The van der Waals surface area contributed by atoms with E-state index in [1.165, 1.54) is 22.3 Å². The van der Waals surface area contributed by atoms with Gasteiger partial charge in [0, 0.05) is 25.3 Å². The van der Waals surface area contributed by atoms with Crippen LogP contribution in [-0.2, 0) is 25.7 Å². The van der Waals surface area contributed by atoms with E-state index in [2.05, 4.69) is 72.6 Å². The molecule has 0 radical (unpaired) electrons. The van der Waals surface area contributed by atoms with E-state index >= 15 is 0 Å². The van der Waals surface area contributed by atoms with Gasteiger partial charge < -0.3 is 0 Å². The number of rotatable bonds is 7. The summed E-state index contributed by atoms with van der Waals surface area (Å²) in [4.78, 5) is 0. The number of benzene rings is 2. The van der Waals surface area contributed by atoms with Crippen molar-refractivity contribution in [2.75, 3.05) is 0 Å². The number of hydrogen-bond acceptors (Lipinski definition) is 2. The van der Waals surface area contributed by atoms with Crippen LogP contribution in [0.5, 0.6) is 0 Å². The molecule has 0 saturated heterocycles. The highest BCUT2D eigenvalue weighted by Crippen LogP contribution is 2.06. The molecule has 0 fully saturated rings. The van der Waals surface area contributed by atoms with Crippen molar-refractivity contribution >= 4 is 12.4 Å². The van der Waals surface area contributed by atoms with Crippen molar-refractivity contribution in [2.45, 2.75) is 39.5 Å². The van der Waals surface area contributed by atoms with Crippen molar-refractivity contribution in [3.05, 3.63) is 70.8 Å². The first kappa shape index (κ1) is 16.2. The molecule has 0 aliphatic carbocycles. The smallest absolute Gasteiger partial charge is 0.0313 e. The maximum absolute atomic E-state index is 4.10. The van der Waals surface area contributed by atoms with Gasteiger partial charge >= 0.3 is 0 Å². The fraction of sp³-hybridized carbons (Fsp3) is 0.300. The molecule has 0 saturated carbocycles. The van der Waals surface area contributed by atoms with Gasteiger partial charge in [0.1, 0.15) is 0 Å². The van der Waals surface area contributed by atoms with E-state index in [-0.39, 0.29) is 0 Å². The van der Waals surface area contributed by atoms with E-state index in [1.54, 1.807) is 0 Å². The molecular formula is C20H24N2. The van der Waals surface area contributed by atoms with Crippen LogP contribution in [0.4, 0.5) is 0 Å². The van der Waals surface area contributed by atoms with Crippen molar-refractivity contribution < 1.29 is 0 Å². The molecule has 2 nitrogen and oxygen atoms in total. The Balaban J connectivity index is 1.76. The Morgan fingerprint density at radius 2 is 0.909 bits per heavy atom. The monoisotopic (exact) mass is 292 g/mol. The summed E-state index contributed by atoms with van der Waals surface area (Å²) in [7, 11) is 0. The summed E-state index contributed by atoms with van der Waals surface area (Å²) >= 11 is 0. The zero-order chi connectivity index (χ0) is 15.6. The van der Waals surface area contributed by atoms with Gasteiger partial charge in [-0.3, -0.25) is 0 Å². The third-order valence-corrected chi connectivity index (χ3v) is 3.75. The molecule has 22 heavy (non-hydrogen) atoms. The quantitative estimate of drug-likeness (QED) is 0.524. The van der Waals surface area contributed by atoms with Gasteiger partial charge in [0.05, 0.1) is 0 Å². The summed E-state index contributed by atoms with van der Waals surface area (Å²) < 4.78 is 0. The first-order valence-corrected chi connectivity index (χ1v) is 8.00. The molecule has 114 valence electrons. The van der Waals surface area contributed by atoms with Crippen LogP contribution >= 0.6 is 0 Å². The Morgan fingerprint density at radius 1 is 0.591 bits per heavy atom. The minimum atomic E-state index is 0.826. The van der Waals surface area contributed by atoms with Gasteiger partial charge in [-0.05, 0) is 35.1 Å². The van der Waals surface area contributed by atoms with Crippen molar-refractivity contribution in [1.29, 1.82) is 0 Å². The molecule has 0 N–H and O–H groups in total. The predicted octanol–water partition coefficient (Wildman–Crippen LogP) is 4.65. The Kier molecular flexibility index (Phi) is 6.56. The molecule has 0 amide bonds. The van der Waals surface area contributed by atoms with Crippen LogP contribution in [0.25, 0.3) is 0 Å². The zero-order valence-corrected chi connectivity index (χ0v) is 13.5. The minimum Gasteiger partial charge on any atom is -0.164 e. The van der Waals surface area contributed by atoms with Gasteiger partial charge in [-0.25, -0.2) is 0 Å². The molecule has 0 aliphatic rings. The lowest BCUT2D eigenvalue weighted by atomic mass is 10.1. The molecule has 0 spiro atoms. The number of nitrogens with zero attached hydrogens (tertiary/aromatic N) is 2.